The molecular weight excluding hydrogens is 460 g/mol. The normalized spacial score (nSPS) is 11.6. The molecule has 2 N–H and O–H groups in total. The highest BCUT2D eigenvalue weighted by Gasteiger charge is 2.20. The van der Waals surface area contributed by atoms with Crippen molar-refractivity contribution in [3.8, 4) is 0 Å². The van der Waals surface area contributed by atoms with Crippen LogP contribution in [0.1, 0.15) is 28.7 Å². The molecule has 0 fully saturated rings. The van der Waals surface area contributed by atoms with Gasteiger partial charge in [-0.05, 0) is 42.8 Å². The minimum atomic E-state index is -3.92. The summed E-state index contributed by atoms with van der Waals surface area (Å²) in [6.07, 6.45) is 0. The molecule has 1 amide bonds. The van der Waals surface area contributed by atoms with Crippen LogP contribution in [0.3, 0.4) is 0 Å². The molecule has 0 aliphatic rings. The summed E-state index contributed by atoms with van der Waals surface area (Å²) in [5.74, 6) is 0.305. The Morgan fingerprint density at radius 1 is 1.00 bits per heavy atom. The molecule has 0 saturated heterocycles. The van der Waals surface area contributed by atoms with Crippen LogP contribution in [0.25, 0.3) is 11.0 Å². The second-order valence-electron chi connectivity index (χ2n) is 7.40. The number of aromatic nitrogens is 2. The predicted octanol–water partition coefficient (Wildman–Crippen LogP) is 4.12. The number of sulfonamides is 1. The quantitative estimate of drug-likeness (QED) is 0.395. The Bertz CT molecular complexity index is 1400. The van der Waals surface area contributed by atoms with Gasteiger partial charge in [-0.1, -0.05) is 54.1 Å². The average molecular weight is 483 g/mol. The van der Waals surface area contributed by atoms with E-state index in [1.165, 1.54) is 18.2 Å². The molecule has 0 unspecified atom stereocenters. The number of rotatable bonds is 8. The highest BCUT2D eigenvalue weighted by Crippen LogP contribution is 2.23. The zero-order valence-electron chi connectivity index (χ0n) is 18.0. The van der Waals surface area contributed by atoms with Crippen LogP contribution in [-0.4, -0.2) is 23.9 Å². The Hall–Kier alpha value is -3.20. The van der Waals surface area contributed by atoms with Gasteiger partial charge in [0.1, 0.15) is 10.7 Å². The highest BCUT2D eigenvalue weighted by molar-refractivity contribution is 7.89. The van der Waals surface area contributed by atoms with E-state index in [2.05, 4.69) is 15.0 Å². The third kappa shape index (κ3) is 5.08. The molecule has 0 spiro atoms. The number of hydrogen-bond acceptors (Lipinski definition) is 4. The summed E-state index contributed by atoms with van der Waals surface area (Å²) < 4.78 is 30.2. The molecule has 4 rings (SSSR count). The fourth-order valence-electron chi connectivity index (χ4n) is 3.58. The maximum absolute atomic E-state index is 12.8. The summed E-state index contributed by atoms with van der Waals surface area (Å²) in [4.78, 5) is 17.2. The van der Waals surface area contributed by atoms with Crippen molar-refractivity contribution in [1.29, 1.82) is 0 Å². The van der Waals surface area contributed by atoms with E-state index in [0.29, 0.717) is 6.54 Å². The van der Waals surface area contributed by atoms with Crippen LogP contribution in [0.4, 0.5) is 0 Å². The van der Waals surface area contributed by atoms with Crippen LogP contribution in [0.15, 0.2) is 77.7 Å². The topological polar surface area (TPSA) is 93.1 Å². The van der Waals surface area contributed by atoms with Gasteiger partial charge in [0.2, 0.25) is 10.0 Å². The molecule has 0 aliphatic carbocycles. The van der Waals surface area contributed by atoms with Crippen LogP contribution in [0, 0.1) is 0 Å². The number of halogens is 1. The van der Waals surface area contributed by atoms with Gasteiger partial charge in [0.05, 0.1) is 22.6 Å². The van der Waals surface area contributed by atoms with E-state index >= 15 is 0 Å². The summed E-state index contributed by atoms with van der Waals surface area (Å²) in [6.45, 7) is 3.04. The first kappa shape index (κ1) is 23.0. The van der Waals surface area contributed by atoms with E-state index in [-0.39, 0.29) is 28.6 Å². The molecule has 3 aromatic carbocycles. The van der Waals surface area contributed by atoms with E-state index in [4.69, 9.17) is 11.6 Å². The fourth-order valence-corrected chi connectivity index (χ4v) is 5.12. The van der Waals surface area contributed by atoms with Gasteiger partial charge in [-0.2, -0.15) is 0 Å². The van der Waals surface area contributed by atoms with Crippen molar-refractivity contribution in [2.24, 2.45) is 0 Å². The first-order chi connectivity index (χ1) is 15.9. The SMILES string of the molecule is CCn1c(CNC(=O)c2ccc(Cl)c(S(=O)(=O)NCc3ccccc3)c2)nc2ccccc21. The average Bonchev–Trinajstić information content (AvgIpc) is 3.19. The number of hydrogen-bond donors (Lipinski definition) is 2. The zero-order chi connectivity index (χ0) is 23.4. The monoisotopic (exact) mass is 482 g/mol. The summed E-state index contributed by atoms with van der Waals surface area (Å²) >= 11 is 6.16. The van der Waals surface area contributed by atoms with E-state index in [1.54, 1.807) is 0 Å². The van der Waals surface area contributed by atoms with Gasteiger partial charge in [0.15, 0.2) is 0 Å². The Balaban J connectivity index is 1.50. The molecule has 1 aromatic heterocycles. The van der Waals surface area contributed by atoms with E-state index in [9.17, 15) is 13.2 Å². The summed E-state index contributed by atoms with van der Waals surface area (Å²) in [5, 5.41) is 2.87. The first-order valence-electron chi connectivity index (χ1n) is 10.4. The number of benzene rings is 3. The Morgan fingerprint density at radius 2 is 1.73 bits per heavy atom. The number of carbonyl (C=O) groups excluding carboxylic acids is 1. The lowest BCUT2D eigenvalue weighted by molar-refractivity contribution is 0.0949. The standard InChI is InChI=1S/C24H23ClN4O3S/c1-2-29-21-11-7-6-10-20(21)28-23(29)16-26-24(30)18-12-13-19(25)22(14-18)33(31,32)27-15-17-8-4-3-5-9-17/h3-14,27H,2,15-16H2,1H3,(H,26,30). The second kappa shape index (κ2) is 9.74. The van der Waals surface area contributed by atoms with Crippen LogP contribution in [0.2, 0.25) is 5.02 Å². The fraction of sp³-hybridized carbons (Fsp3) is 0.167. The molecule has 0 saturated carbocycles. The van der Waals surface area contributed by atoms with Gasteiger partial charge in [-0.3, -0.25) is 4.79 Å². The van der Waals surface area contributed by atoms with E-state index in [1.807, 2.05) is 66.1 Å². The molecule has 170 valence electrons. The minimum absolute atomic E-state index is 0.0416. The summed E-state index contributed by atoms with van der Waals surface area (Å²) in [6, 6.07) is 21.1. The van der Waals surface area contributed by atoms with Crippen molar-refractivity contribution in [2.45, 2.75) is 31.5 Å². The number of fused-ring (bicyclic) bond motifs is 1. The van der Waals surface area contributed by atoms with Gasteiger partial charge < -0.3 is 9.88 Å². The third-order valence-corrected chi connectivity index (χ3v) is 7.13. The largest absolute Gasteiger partial charge is 0.345 e. The van der Waals surface area contributed by atoms with Gasteiger partial charge in [0.25, 0.3) is 5.91 Å². The smallest absolute Gasteiger partial charge is 0.251 e. The number of aryl methyl sites for hydroxylation is 1. The summed E-state index contributed by atoms with van der Waals surface area (Å²) in [5.41, 5.74) is 2.85. The van der Waals surface area contributed by atoms with Crippen LogP contribution < -0.4 is 10.0 Å². The number of carbonyl (C=O) groups is 1. The summed E-state index contributed by atoms with van der Waals surface area (Å²) in [7, 11) is -3.92. The lowest BCUT2D eigenvalue weighted by Gasteiger charge is -2.11. The number of imidazole rings is 1. The molecule has 4 aromatic rings. The van der Waals surface area contributed by atoms with Crippen molar-refractivity contribution in [3.05, 3.63) is 94.8 Å². The van der Waals surface area contributed by atoms with Crippen molar-refractivity contribution in [2.75, 3.05) is 0 Å². The maximum Gasteiger partial charge on any atom is 0.251 e. The number of nitrogens with zero attached hydrogens (tertiary/aromatic N) is 2. The van der Waals surface area contributed by atoms with Crippen molar-refractivity contribution in [1.82, 2.24) is 19.6 Å². The molecular formula is C24H23ClN4O3S. The third-order valence-electron chi connectivity index (χ3n) is 5.25. The van der Waals surface area contributed by atoms with E-state index in [0.717, 1.165) is 22.4 Å². The number of para-hydroxylation sites is 2. The molecule has 1 heterocycles. The van der Waals surface area contributed by atoms with Crippen molar-refractivity contribution in [3.63, 3.8) is 0 Å². The van der Waals surface area contributed by atoms with Crippen LogP contribution in [-0.2, 0) is 29.7 Å². The lowest BCUT2D eigenvalue weighted by Crippen LogP contribution is -2.26. The minimum Gasteiger partial charge on any atom is -0.345 e. The Labute approximate surface area is 197 Å². The Kier molecular flexibility index (Phi) is 6.78. The highest BCUT2D eigenvalue weighted by atomic mass is 35.5. The molecule has 0 atom stereocenters. The molecule has 0 bridgehead atoms. The van der Waals surface area contributed by atoms with Crippen molar-refractivity contribution < 1.29 is 13.2 Å². The predicted molar refractivity (Wildman–Crippen MR) is 128 cm³/mol. The molecule has 9 heteroatoms. The molecule has 0 aliphatic heterocycles. The van der Waals surface area contributed by atoms with Crippen LogP contribution >= 0.6 is 11.6 Å². The molecule has 0 radical (unpaired) electrons. The molecule has 33 heavy (non-hydrogen) atoms. The van der Waals surface area contributed by atoms with Gasteiger partial charge in [-0.15, -0.1) is 0 Å². The van der Waals surface area contributed by atoms with Crippen molar-refractivity contribution >= 4 is 38.6 Å². The molecule has 7 nitrogen and oxygen atoms in total. The van der Waals surface area contributed by atoms with Crippen LogP contribution in [0.5, 0.6) is 0 Å². The van der Waals surface area contributed by atoms with E-state index < -0.39 is 15.9 Å². The van der Waals surface area contributed by atoms with Gasteiger partial charge >= 0.3 is 0 Å². The number of amides is 1. The number of nitrogens with one attached hydrogen (secondary N) is 2. The lowest BCUT2D eigenvalue weighted by atomic mass is 10.2. The maximum atomic E-state index is 12.8. The first-order valence-corrected chi connectivity index (χ1v) is 12.3. The Morgan fingerprint density at radius 3 is 2.48 bits per heavy atom. The second-order valence-corrected chi connectivity index (χ2v) is 9.54. The zero-order valence-corrected chi connectivity index (χ0v) is 19.5. The van der Waals surface area contributed by atoms with Gasteiger partial charge in [-0.25, -0.2) is 18.1 Å². The van der Waals surface area contributed by atoms with Gasteiger partial charge in [0, 0.05) is 18.7 Å².